The van der Waals surface area contributed by atoms with E-state index in [0.29, 0.717) is 66.0 Å². The van der Waals surface area contributed by atoms with Crippen molar-refractivity contribution < 1.29 is 32.6 Å². The predicted octanol–water partition coefficient (Wildman–Crippen LogP) is 9.06. The van der Waals surface area contributed by atoms with E-state index in [1.165, 1.54) is 27.7 Å². The summed E-state index contributed by atoms with van der Waals surface area (Å²) in [7, 11) is 2.07. The van der Waals surface area contributed by atoms with Crippen LogP contribution in [0.2, 0.25) is 5.02 Å². The maximum Gasteiger partial charge on any atom is 0.355 e. The van der Waals surface area contributed by atoms with Crippen LogP contribution in [0.4, 0.5) is 30.5 Å². The number of hydrogen-bond acceptors (Lipinski definition) is 15. The van der Waals surface area contributed by atoms with E-state index in [4.69, 9.17) is 26.3 Å². The van der Waals surface area contributed by atoms with Crippen LogP contribution < -0.4 is 25.1 Å². The Bertz CT molecular complexity index is 3910. The molecule has 11 rings (SSSR count). The van der Waals surface area contributed by atoms with E-state index in [9.17, 15) is 29.1 Å². The molecule has 3 atom stereocenters. The van der Waals surface area contributed by atoms with Crippen molar-refractivity contribution in [3.63, 3.8) is 0 Å². The summed E-state index contributed by atoms with van der Waals surface area (Å²) in [5.41, 5.74) is 3.12. The minimum absolute atomic E-state index is 0.00105. The monoisotopic (exact) mass is 1160 g/mol. The largest absolute Gasteiger partial charge is 0.507 e. The van der Waals surface area contributed by atoms with Crippen molar-refractivity contribution in [2.45, 2.75) is 84.0 Å². The lowest BCUT2D eigenvalue weighted by molar-refractivity contribution is -0.131. The third kappa shape index (κ3) is 10.8. The van der Waals surface area contributed by atoms with Crippen molar-refractivity contribution in [1.82, 2.24) is 44.2 Å². The van der Waals surface area contributed by atoms with Crippen LogP contribution in [0.5, 0.6) is 11.8 Å². The first-order valence-electron chi connectivity index (χ1n) is 28.2. The number of nitriles is 1. The summed E-state index contributed by atoms with van der Waals surface area (Å²) in [4.78, 5) is 76.6. The van der Waals surface area contributed by atoms with Gasteiger partial charge in [-0.15, -0.1) is 0 Å². The number of phenolic OH excluding ortho intramolecular Hbond substituents is 1. The topological polar surface area (TPSA) is 193 Å². The lowest BCUT2D eigenvalue weighted by Gasteiger charge is -2.42. The van der Waals surface area contributed by atoms with Gasteiger partial charge in [-0.1, -0.05) is 62.4 Å². The first kappa shape index (κ1) is 57.2. The fraction of sp³-hybridized carbons (Fsp3) is 0.371. The van der Waals surface area contributed by atoms with E-state index in [1.54, 1.807) is 23.2 Å². The Morgan fingerprint density at radius 2 is 1.76 bits per heavy atom. The van der Waals surface area contributed by atoms with Gasteiger partial charge in [-0.3, -0.25) is 14.6 Å². The number of halogens is 4. The highest BCUT2D eigenvalue weighted by Crippen LogP contribution is 2.41. The molecule has 3 aromatic carbocycles. The lowest BCUT2D eigenvalue weighted by atomic mass is 10.00. The van der Waals surface area contributed by atoms with Crippen molar-refractivity contribution in [3.8, 4) is 34.8 Å². The van der Waals surface area contributed by atoms with E-state index >= 15 is 8.78 Å². The quantitative estimate of drug-likeness (QED) is 0.107. The molecular weight excluding hydrogens is 1100 g/mol. The number of nitrogens with zero attached hydrogens (tertiary/aromatic N) is 13. The minimum Gasteiger partial charge on any atom is -0.507 e. The summed E-state index contributed by atoms with van der Waals surface area (Å²) in [6.45, 7) is 14.5. The zero-order valence-corrected chi connectivity index (χ0v) is 48.1. The number of piperazine rings is 2. The first-order chi connectivity index (χ1) is 40.4. The number of phenols is 1. The molecule has 0 bridgehead atoms. The molecule has 2 amide bonds. The van der Waals surface area contributed by atoms with Crippen LogP contribution in [0.25, 0.3) is 44.8 Å². The van der Waals surface area contributed by atoms with Gasteiger partial charge in [-0.25, -0.2) is 27.5 Å². The molecule has 0 aliphatic carbocycles. The van der Waals surface area contributed by atoms with Gasteiger partial charge in [0.1, 0.15) is 35.5 Å². The standard InChI is InChI=1S/C62H63ClF3N13O5/c1-35(2)54-56(36(3)20-23-68-54)79-59-44(30-46(66)55(70-59)52-45(65)12-8-14-49(52)80)58(72-62(79)83)77-28-26-75(31-37(77)4)50(81)18-17-40-16-15-39-10-7-13-48(51(39)53(40)63)74-25-21-43-47(33-74)69-61(84-34-42-11-9-24-73(42)6)71-57(43)76-27-29-78(60(82)38(5)64)41(32-76)19-22-67/h7-8,10,12-18,20,23,30,35,37,41-42,80H,5,9,11,19,21,24-29,31-34H2,1-4,6H3/b18-17+/t37-,41-,42-/m0/s1. The third-order valence-corrected chi connectivity index (χ3v) is 17.0. The summed E-state index contributed by atoms with van der Waals surface area (Å²) in [5, 5.41) is 22.8. The number of likely N-dealkylation sites (tertiary alicyclic amines) is 1. The van der Waals surface area contributed by atoms with Crippen molar-refractivity contribution in [1.29, 1.82) is 5.26 Å². The molecule has 1 N–H and O–H groups in total. The second-order valence-corrected chi connectivity index (χ2v) is 22.7. The van der Waals surface area contributed by atoms with E-state index in [-0.39, 0.29) is 79.9 Å². The number of carbonyl (C=O) groups excluding carboxylic acids is 2. The molecule has 0 unspecified atom stereocenters. The van der Waals surface area contributed by atoms with Crippen LogP contribution in [0.1, 0.15) is 74.0 Å². The number of aryl methyl sites for hydroxylation is 1. The minimum atomic E-state index is -1.07. The van der Waals surface area contributed by atoms with Gasteiger partial charge >= 0.3 is 11.7 Å². The van der Waals surface area contributed by atoms with E-state index in [2.05, 4.69) is 44.4 Å². The van der Waals surface area contributed by atoms with Crippen LogP contribution in [-0.4, -0.2) is 145 Å². The van der Waals surface area contributed by atoms with Gasteiger partial charge in [0, 0.05) is 86.8 Å². The van der Waals surface area contributed by atoms with Crippen LogP contribution in [-0.2, 0) is 22.6 Å². The molecule has 18 nitrogen and oxygen atoms in total. The Labute approximate surface area is 488 Å². The van der Waals surface area contributed by atoms with Crippen LogP contribution in [0.3, 0.4) is 0 Å². The Morgan fingerprint density at radius 1 is 0.952 bits per heavy atom. The molecule has 8 heterocycles. The maximum atomic E-state index is 16.4. The van der Waals surface area contributed by atoms with Crippen molar-refractivity contribution in [2.75, 3.05) is 80.7 Å². The molecular formula is C62H63ClF3N13O5. The number of ether oxygens (including phenoxy) is 1. The lowest BCUT2D eigenvalue weighted by Crippen LogP contribution is -2.55. The number of benzene rings is 3. The number of aromatic hydroxyl groups is 1. The average Bonchev–Trinajstić information content (AvgIpc) is 3.42. The molecule has 0 saturated carbocycles. The second-order valence-electron chi connectivity index (χ2n) is 22.3. The van der Waals surface area contributed by atoms with E-state index in [1.807, 2.05) is 67.8 Å². The number of hydrogen-bond donors (Lipinski definition) is 1. The van der Waals surface area contributed by atoms with Crippen molar-refractivity contribution >= 4 is 68.6 Å². The van der Waals surface area contributed by atoms with Gasteiger partial charge in [-0.05, 0) is 106 Å². The summed E-state index contributed by atoms with van der Waals surface area (Å²) in [6, 6.07) is 17.9. The number of carbonyl (C=O) groups is 2. The maximum absolute atomic E-state index is 16.4. The van der Waals surface area contributed by atoms with Gasteiger partial charge in [0.2, 0.25) is 5.91 Å². The molecule has 4 aliphatic rings. The van der Waals surface area contributed by atoms with E-state index in [0.717, 1.165) is 59.2 Å². The number of anilines is 3. The number of amides is 2. The Balaban J connectivity index is 0.857. The summed E-state index contributed by atoms with van der Waals surface area (Å²) in [5.74, 6) is -3.91. The average molecular weight is 1160 g/mol. The fourth-order valence-corrected chi connectivity index (χ4v) is 12.6. The summed E-state index contributed by atoms with van der Waals surface area (Å²) in [6.07, 6.45) is 7.42. The van der Waals surface area contributed by atoms with Gasteiger partial charge in [0.05, 0.1) is 58.1 Å². The fourth-order valence-electron chi connectivity index (χ4n) is 12.2. The number of rotatable bonds is 13. The zero-order valence-electron chi connectivity index (χ0n) is 47.3. The summed E-state index contributed by atoms with van der Waals surface area (Å²) < 4.78 is 53.6. The highest BCUT2D eigenvalue weighted by atomic mass is 35.5. The molecule has 434 valence electrons. The molecule has 3 saturated heterocycles. The Hall–Kier alpha value is -8.61. The predicted molar refractivity (Wildman–Crippen MR) is 316 cm³/mol. The van der Waals surface area contributed by atoms with E-state index < -0.39 is 58.1 Å². The Kier molecular flexibility index (Phi) is 16.1. The number of aromatic nitrogens is 6. The highest BCUT2D eigenvalue weighted by Gasteiger charge is 2.37. The number of likely N-dealkylation sites (N-methyl/N-ethyl adjacent to an activating group) is 1. The normalized spacial score (nSPS) is 18.5. The molecule has 4 aromatic heterocycles. The zero-order chi connectivity index (χ0) is 59.2. The molecule has 84 heavy (non-hydrogen) atoms. The molecule has 0 radical (unpaired) electrons. The summed E-state index contributed by atoms with van der Waals surface area (Å²) >= 11 is 7.37. The van der Waals surface area contributed by atoms with Crippen LogP contribution in [0, 0.1) is 29.9 Å². The molecule has 22 heteroatoms. The SMILES string of the molecule is C=C(F)C(=O)N1CCN(c2nc(OC[C@@H]3CCCN3C)nc3c2CCN(c2cccc4ccc(/C=C/C(=O)N5CCN(c6nc(=O)n(-c7c(C)ccnc7C(C)C)c7nc(-c8c(O)cccc8F)c(F)cc67)[C@@H](C)C5)c(Cl)c24)C3)C[C@@H]1CC#N. The second kappa shape index (κ2) is 23.6. The van der Waals surface area contributed by atoms with Crippen molar-refractivity contribution in [3.05, 3.63) is 141 Å². The van der Waals surface area contributed by atoms with Gasteiger partial charge in [0.15, 0.2) is 17.3 Å². The molecule has 0 spiro atoms. The smallest absolute Gasteiger partial charge is 0.355 e. The number of pyridine rings is 2. The van der Waals surface area contributed by atoms with Crippen molar-refractivity contribution in [2.24, 2.45) is 0 Å². The third-order valence-electron chi connectivity index (χ3n) is 16.6. The van der Waals surface area contributed by atoms with Crippen LogP contribution in [0.15, 0.2) is 90.1 Å². The van der Waals surface area contributed by atoms with Gasteiger partial charge in [-0.2, -0.15) is 20.2 Å². The van der Waals surface area contributed by atoms with Crippen LogP contribution >= 0.6 is 11.6 Å². The molecule has 7 aromatic rings. The highest BCUT2D eigenvalue weighted by molar-refractivity contribution is 6.38. The number of fused-ring (bicyclic) bond motifs is 3. The van der Waals surface area contributed by atoms with Gasteiger partial charge in [0.25, 0.3) is 5.91 Å². The first-order valence-corrected chi connectivity index (χ1v) is 28.5. The molecule has 3 fully saturated rings. The van der Waals surface area contributed by atoms with Gasteiger partial charge < -0.3 is 39.2 Å². The Morgan fingerprint density at radius 3 is 2.50 bits per heavy atom. The molecule has 4 aliphatic heterocycles.